The molecule has 0 amide bonds. The number of hydrogen-bond acceptors (Lipinski definition) is 5. The topological polar surface area (TPSA) is 55.6 Å². The van der Waals surface area contributed by atoms with Gasteiger partial charge in [-0.25, -0.2) is 4.98 Å². The molecule has 1 saturated carbocycles. The van der Waals surface area contributed by atoms with Crippen LogP contribution in [0.25, 0.3) is 5.69 Å². The van der Waals surface area contributed by atoms with Crippen molar-refractivity contribution >= 4 is 22.9 Å². The van der Waals surface area contributed by atoms with Crippen molar-refractivity contribution in [1.82, 2.24) is 25.1 Å². The molecule has 1 N–H and O–H groups in total. The highest BCUT2D eigenvalue weighted by Crippen LogP contribution is 2.41. The fourth-order valence-electron chi connectivity index (χ4n) is 4.35. The molecule has 5 nitrogen and oxygen atoms in total. The Morgan fingerprint density at radius 3 is 2.70 bits per heavy atom. The summed E-state index contributed by atoms with van der Waals surface area (Å²) in [5, 5.41) is 16.8. The lowest BCUT2D eigenvalue weighted by molar-refractivity contribution is 0.381. The van der Waals surface area contributed by atoms with Gasteiger partial charge in [0.2, 0.25) is 0 Å². The van der Waals surface area contributed by atoms with Gasteiger partial charge < -0.3 is 5.32 Å². The molecule has 7 heteroatoms. The standard InChI is InChI=1S/C20H22ClN5S/c1-12-11-27-20(23-12)14-4-2-13(3-5-14)19-25-24-18-10-22-9-15-8-16(21)6-7-17(15)26(18)19/h6-8,11,13-14,22H,2-5,9-10H2,1H3/t13-,14-. The third kappa shape index (κ3) is 3.20. The molecule has 0 radical (unpaired) electrons. The number of aryl methyl sites for hydroxylation is 1. The van der Waals surface area contributed by atoms with Crippen LogP contribution >= 0.6 is 22.9 Å². The molecule has 0 spiro atoms. The minimum atomic E-state index is 0.449. The zero-order valence-electron chi connectivity index (χ0n) is 15.3. The van der Waals surface area contributed by atoms with E-state index in [0.29, 0.717) is 11.8 Å². The van der Waals surface area contributed by atoms with Crippen molar-refractivity contribution in [2.45, 2.75) is 57.5 Å². The van der Waals surface area contributed by atoms with E-state index in [2.05, 4.69) is 38.5 Å². The summed E-state index contributed by atoms with van der Waals surface area (Å²) in [6.07, 6.45) is 4.62. The Bertz CT molecular complexity index is 971. The lowest BCUT2D eigenvalue weighted by Gasteiger charge is -2.27. The maximum Gasteiger partial charge on any atom is 0.151 e. The lowest BCUT2D eigenvalue weighted by Crippen LogP contribution is -2.16. The van der Waals surface area contributed by atoms with Crippen LogP contribution in [0.5, 0.6) is 0 Å². The molecule has 1 aliphatic carbocycles. The predicted octanol–water partition coefficient (Wildman–Crippen LogP) is 4.73. The van der Waals surface area contributed by atoms with Crippen molar-refractivity contribution in [3.05, 3.63) is 56.5 Å². The summed E-state index contributed by atoms with van der Waals surface area (Å²) in [5.74, 6) is 3.14. The van der Waals surface area contributed by atoms with Gasteiger partial charge in [0, 0.05) is 34.5 Å². The number of aromatic nitrogens is 4. The second-order valence-electron chi connectivity index (χ2n) is 7.56. The molecule has 140 valence electrons. The molecule has 0 bridgehead atoms. The van der Waals surface area contributed by atoms with Crippen molar-refractivity contribution in [1.29, 1.82) is 0 Å². The molecule has 2 aromatic heterocycles. The maximum atomic E-state index is 6.22. The zero-order chi connectivity index (χ0) is 18.4. The van der Waals surface area contributed by atoms with Crippen LogP contribution in [0.15, 0.2) is 23.6 Å². The van der Waals surface area contributed by atoms with Crippen LogP contribution in [0, 0.1) is 6.92 Å². The van der Waals surface area contributed by atoms with Crippen LogP contribution < -0.4 is 5.32 Å². The van der Waals surface area contributed by atoms with Gasteiger partial charge in [0.1, 0.15) is 5.82 Å². The van der Waals surface area contributed by atoms with E-state index in [0.717, 1.165) is 54.0 Å². The van der Waals surface area contributed by atoms with E-state index in [1.54, 1.807) is 0 Å². The first kappa shape index (κ1) is 17.3. The first-order chi connectivity index (χ1) is 13.2. The maximum absolute atomic E-state index is 6.22. The van der Waals surface area contributed by atoms with Crippen molar-refractivity contribution in [2.75, 3.05) is 0 Å². The smallest absolute Gasteiger partial charge is 0.151 e. The molecule has 3 aromatic rings. The second-order valence-corrected chi connectivity index (χ2v) is 8.89. The number of hydrogen-bond donors (Lipinski definition) is 1. The molecule has 0 unspecified atom stereocenters. The molecule has 2 aliphatic rings. The highest BCUT2D eigenvalue weighted by molar-refractivity contribution is 7.09. The van der Waals surface area contributed by atoms with Crippen LogP contribution in [-0.4, -0.2) is 19.7 Å². The van der Waals surface area contributed by atoms with E-state index in [9.17, 15) is 0 Å². The summed E-state index contributed by atoms with van der Waals surface area (Å²) in [5.41, 5.74) is 3.51. The SMILES string of the molecule is Cc1csc([C@H]2CC[C@H](c3nnc4n3-c3ccc(Cl)cc3CNC4)CC2)n1. The Kier molecular flexibility index (Phi) is 4.50. The largest absolute Gasteiger partial charge is 0.306 e. The van der Waals surface area contributed by atoms with E-state index >= 15 is 0 Å². The Balaban J connectivity index is 1.43. The lowest BCUT2D eigenvalue weighted by atomic mass is 9.82. The molecule has 5 rings (SSSR count). The molecule has 0 atom stereocenters. The van der Waals surface area contributed by atoms with E-state index in [-0.39, 0.29) is 0 Å². The number of halogens is 1. The van der Waals surface area contributed by atoms with E-state index in [1.807, 2.05) is 23.5 Å². The van der Waals surface area contributed by atoms with Crippen molar-refractivity contribution in [3.63, 3.8) is 0 Å². The van der Waals surface area contributed by atoms with Crippen LogP contribution in [-0.2, 0) is 13.1 Å². The number of thiazole rings is 1. The summed E-state index contributed by atoms with van der Waals surface area (Å²) in [4.78, 5) is 4.71. The zero-order valence-corrected chi connectivity index (χ0v) is 16.9. The molecule has 27 heavy (non-hydrogen) atoms. The van der Waals surface area contributed by atoms with Crippen LogP contribution in [0.4, 0.5) is 0 Å². The fraction of sp³-hybridized carbons (Fsp3) is 0.450. The van der Waals surface area contributed by atoms with Gasteiger partial charge in [0.05, 0.1) is 17.2 Å². The predicted molar refractivity (Wildman–Crippen MR) is 108 cm³/mol. The van der Waals surface area contributed by atoms with Crippen molar-refractivity contribution in [3.8, 4) is 5.69 Å². The normalized spacial score (nSPS) is 22.1. The minimum absolute atomic E-state index is 0.449. The van der Waals surface area contributed by atoms with Gasteiger partial charge in [-0.3, -0.25) is 4.57 Å². The number of nitrogens with one attached hydrogen (secondary N) is 1. The van der Waals surface area contributed by atoms with Gasteiger partial charge in [-0.15, -0.1) is 21.5 Å². The van der Waals surface area contributed by atoms with Crippen LogP contribution in [0.2, 0.25) is 5.02 Å². The molecule has 1 aromatic carbocycles. The molecule has 0 saturated heterocycles. The fourth-order valence-corrected chi connectivity index (χ4v) is 5.52. The molecule has 1 fully saturated rings. The Morgan fingerprint density at radius 2 is 1.93 bits per heavy atom. The summed E-state index contributed by atoms with van der Waals surface area (Å²) in [6.45, 7) is 3.61. The summed E-state index contributed by atoms with van der Waals surface area (Å²) >= 11 is 8.03. The number of benzene rings is 1. The van der Waals surface area contributed by atoms with Gasteiger partial charge in [-0.1, -0.05) is 11.6 Å². The Hall–Kier alpha value is -1.76. The quantitative estimate of drug-likeness (QED) is 0.676. The summed E-state index contributed by atoms with van der Waals surface area (Å²) in [6, 6.07) is 6.11. The van der Waals surface area contributed by atoms with Gasteiger partial charge in [0.15, 0.2) is 5.82 Å². The summed E-state index contributed by atoms with van der Waals surface area (Å²) in [7, 11) is 0. The Labute approximate surface area is 167 Å². The third-order valence-electron chi connectivity index (χ3n) is 5.71. The van der Waals surface area contributed by atoms with Gasteiger partial charge in [-0.2, -0.15) is 0 Å². The van der Waals surface area contributed by atoms with E-state index in [4.69, 9.17) is 16.6 Å². The van der Waals surface area contributed by atoms with E-state index < -0.39 is 0 Å². The molecular weight excluding hydrogens is 378 g/mol. The highest BCUT2D eigenvalue weighted by atomic mass is 35.5. The number of nitrogens with zero attached hydrogens (tertiary/aromatic N) is 4. The number of fused-ring (bicyclic) bond motifs is 3. The Morgan fingerprint density at radius 1 is 1.11 bits per heavy atom. The summed E-state index contributed by atoms with van der Waals surface area (Å²) < 4.78 is 2.27. The monoisotopic (exact) mass is 399 g/mol. The van der Waals surface area contributed by atoms with Gasteiger partial charge >= 0.3 is 0 Å². The minimum Gasteiger partial charge on any atom is -0.306 e. The van der Waals surface area contributed by atoms with Crippen molar-refractivity contribution in [2.24, 2.45) is 0 Å². The molecular formula is C20H22ClN5S. The number of rotatable bonds is 2. The van der Waals surface area contributed by atoms with Gasteiger partial charge in [-0.05, 0) is 56.4 Å². The third-order valence-corrected chi connectivity index (χ3v) is 7.07. The highest BCUT2D eigenvalue weighted by Gasteiger charge is 2.30. The molecule has 3 heterocycles. The van der Waals surface area contributed by atoms with Crippen LogP contribution in [0.1, 0.15) is 65.4 Å². The second kappa shape index (κ2) is 7.00. The van der Waals surface area contributed by atoms with E-state index in [1.165, 1.54) is 23.4 Å². The molecule has 1 aliphatic heterocycles. The first-order valence-electron chi connectivity index (χ1n) is 9.55. The first-order valence-corrected chi connectivity index (χ1v) is 10.8. The average molecular weight is 400 g/mol. The average Bonchev–Trinajstić information content (AvgIpc) is 3.25. The van der Waals surface area contributed by atoms with Gasteiger partial charge in [0.25, 0.3) is 0 Å². The van der Waals surface area contributed by atoms with Crippen molar-refractivity contribution < 1.29 is 0 Å². The van der Waals surface area contributed by atoms with Crippen LogP contribution in [0.3, 0.4) is 0 Å².